The van der Waals surface area contributed by atoms with Crippen LogP contribution in [0.4, 0.5) is 5.69 Å². The molecule has 0 aliphatic heterocycles. The first-order valence-corrected chi connectivity index (χ1v) is 8.27. The highest BCUT2D eigenvalue weighted by atomic mass is 35.5. The summed E-state index contributed by atoms with van der Waals surface area (Å²) >= 11 is 7.35. The molecular weight excluding hydrogens is 338 g/mol. The minimum atomic E-state index is -0.362. The quantitative estimate of drug-likeness (QED) is 0.802. The van der Waals surface area contributed by atoms with Crippen LogP contribution in [0, 0.1) is 0 Å². The summed E-state index contributed by atoms with van der Waals surface area (Å²) in [4.78, 5) is 12.3. The minimum Gasteiger partial charge on any atom is -0.495 e. The molecule has 0 aliphatic carbocycles. The molecule has 2 rings (SSSR count). The van der Waals surface area contributed by atoms with E-state index in [4.69, 9.17) is 16.3 Å². The van der Waals surface area contributed by atoms with Crippen molar-refractivity contribution < 1.29 is 9.53 Å². The van der Waals surface area contributed by atoms with Gasteiger partial charge in [-0.1, -0.05) is 23.4 Å². The SMILES string of the molecule is COc1ccc(NC(=O)C(C)Sc2nnnn2C(C)C)cc1Cl. The van der Waals surface area contributed by atoms with Gasteiger partial charge >= 0.3 is 0 Å². The van der Waals surface area contributed by atoms with E-state index in [1.54, 1.807) is 29.8 Å². The monoisotopic (exact) mass is 355 g/mol. The Labute approximate surface area is 143 Å². The second-order valence-electron chi connectivity index (χ2n) is 5.10. The number of hydrogen-bond acceptors (Lipinski definition) is 6. The van der Waals surface area contributed by atoms with Gasteiger partial charge in [-0.3, -0.25) is 4.79 Å². The molecule has 0 aliphatic rings. The topological polar surface area (TPSA) is 81.9 Å². The molecule has 0 saturated carbocycles. The summed E-state index contributed by atoms with van der Waals surface area (Å²) in [5.41, 5.74) is 0.608. The van der Waals surface area contributed by atoms with Gasteiger partial charge in [0.15, 0.2) is 0 Å². The van der Waals surface area contributed by atoms with Crippen LogP contribution in [0.2, 0.25) is 5.02 Å². The molecule has 1 atom stereocenters. The Balaban J connectivity index is 2.02. The number of nitrogens with zero attached hydrogens (tertiary/aromatic N) is 4. The van der Waals surface area contributed by atoms with E-state index in [0.717, 1.165) is 0 Å². The Morgan fingerprint density at radius 3 is 2.74 bits per heavy atom. The van der Waals surface area contributed by atoms with Crippen molar-refractivity contribution in [1.82, 2.24) is 20.2 Å². The van der Waals surface area contributed by atoms with Crippen molar-refractivity contribution in [3.63, 3.8) is 0 Å². The van der Waals surface area contributed by atoms with E-state index in [-0.39, 0.29) is 17.2 Å². The third-order valence-corrected chi connectivity index (χ3v) is 4.37. The molecule has 1 unspecified atom stereocenters. The van der Waals surface area contributed by atoms with Crippen LogP contribution in [0.3, 0.4) is 0 Å². The highest BCUT2D eigenvalue weighted by Crippen LogP contribution is 2.28. The highest BCUT2D eigenvalue weighted by Gasteiger charge is 2.20. The van der Waals surface area contributed by atoms with Crippen molar-refractivity contribution in [2.24, 2.45) is 0 Å². The number of hydrogen-bond donors (Lipinski definition) is 1. The van der Waals surface area contributed by atoms with Crippen LogP contribution >= 0.6 is 23.4 Å². The van der Waals surface area contributed by atoms with Gasteiger partial charge in [0, 0.05) is 5.69 Å². The number of ether oxygens (including phenoxy) is 1. The fraction of sp³-hybridized carbons (Fsp3) is 0.429. The first-order chi connectivity index (χ1) is 10.9. The van der Waals surface area contributed by atoms with Crippen LogP contribution in [-0.4, -0.2) is 38.5 Å². The first-order valence-electron chi connectivity index (χ1n) is 7.01. The number of halogens is 1. The van der Waals surface area contributed by atoms with Crippen LogP contribution in [0.25, 0.3) is 0 Å². The highest BCUT2D eigenvalue weighted by molar-refractivity contribution is 8.00. The van der Waals surface area contributed by atoms with Crippen molar-refractivity contribution in [1.29, 1.82) is 0 Å². The van der Waals surface area contributed by atoms with Crippen molar-refractivity contribution in [2.75, 3.05) is 12.4 Å². The fourth-order valence-electron chi connectivity index (χ4n) is 1.79. The number of rotatable bonds is 6. The predicted molar refractivity (Wildman–Crippen MR) is 90.2 cm³/mol. The number of tetrazole rings is 1. The van der Waals surface area contributed by atoms with Crippen LogP contribution in [0.1, 0.15) is 26.8 Å². The predicted octanol–water partition coefficient (Wildman–Crippen LogP) is 3.04. The van der Waals surface area contributed by atoms with Crippen molar-refractivity contribution >= 4 is 35.0 Å². The molecule has 1 aromatic carbocycles. The molecule has 0 bridgehead atoms. The number of carbonyl (C=O) groups is 1. The number of anilines is 1. The van der Waals surface area contributed by atoms with E-state index in [2.05, 4.69) is 20.8 Å². The lowest BCUT2D eigenvalue weighted by atomic mass is 10.3. The van der Waals surface area contributed by atoms with Crippen LogP contribution in [0.15, 0.2) is 23.4 Å². The van der Waals surface area contributed by atoms with Gasteiger partial charge in [-0.2, -0.15) is 0 Å². The Morgan fingerprint density at radius 2 is 2.13 bits per heavy atom. The van der Waals surface area contributed by atoms with Gasteiger partial charge in [0.1, 0.15) is 5.75 Å². The molecule has 2 aromatic rings. The third-order valence-electron chi connectivity index (χ3n) is 3.02. The number of carbonyl (C=O) groups excluding carboxylic acids is 1. The van der Waals surface area contributed by atoms with E-state index in [1.165, 1.54) is 18.9 Å². The molecule has 0 spiro atoms. The van der Waals surface area contributed by atoms with Gasteiger partial charge < -0.3 is 10.1 Å². The number of amides is 1. The summed E-state index contributed by atoms with van der Waals surface area (Å²) < 4.78 is 6.76. The van der Waals surface area contributed by atoms with Gasteiger partial charge in [0.25, 0.3) is 0 Å². The lowest BCUT2D eigenvalue weighted by Crippen LogP contribution is -2.23. The van der Waals surface area contributed by atoms with Crippen molar-refractivity contribution in [3.8, 4) is 5.75 Å². The van der Waals surface area contributed by atoms with E-state index in [0.29, 0.717) is 21.6 Å². The van der Waals surface area contributed by atoms with Gasteiger partial charge in [-0.15, -0.1) is 5.10 Å². The maximum absolute atomic E-state index is 12.3. The molecular formula is C14H18ClN5O2S. The normalized spacial score (nSPS) is 12.3. The largest absolute Gasteiger partial charge is 0.495 e. The summed E-state index contributed by atoms with van der Waals surface area (Å²) in [5.74, 6) is 0.401. The van der Waals surface area contributed by atoms with Gasteiger partial charge in [0.2, 0.25) is 11.1 Å². The molecule has 7 nitrogen and oxygen atoms in total. The first kappa shape index (κ1) is 17.6. The summed E-state index contributed by atoms with van der Waals surface area (Å²) in [7, 11) is 1.54. The van der Waals surface area contributed by atoms with E-state index < -0.39 is 0 Å². The molecule has 23 heavy (non-hydrogen) atoms. The second kappa shape index (κ2) is 7.65. The summed E-state index contributed by atoms with van der Waals surface area (Å²) in [6.45, 7) is 5.75. The van der Waals surface area contributed by atoms with Gasteiger partial charge in [-0.25, -0.2) is 4.68 Å². The van der Waals surface area contributed by atoms with E-state index in [1.807, 2.05) is 13.8 Å². The number of benzene rings is 1. The van der Waals surface area contributed by atoms with Crippen LogP contribution in [-0.2, 0) is 4.79 Å². The molecule has 1 amide bonds. The van der Waals surface area contributed by atoms with Gasteiger partial charge in [0.05, 0.1) is 23.4 Å². The molecule has 0 radical (unpaired) electrons. The summed E-state index contributed by atoms with van der Waals surface area (Å²) in [6.07, 6.45) is 0. The molecule has 1 aromatic heterocycles. The lowest BCUT2D eigenvalue weighted by molar-refractivity contribution is -0.115. The zero-order valence-electron chi connectivity index (χ0n) is 13.3. The Kier molecular flexibility index (Phi) is 5.84. The molecule has 1 heterocycles. The molecule has 9 heteroatoms. The fourth-order valence-corrected chi connectivity index (χ4v) is 2.97. The average molecular weight is 356 g/mol. The minimum absolute atomic E-state index is 0.128. The number of thioether (sulfide) groups is 1. The standard InChI is InChI=1S/C14H18ClN5O2S/c1-8(2)20-14(17-18-19-20)23-9(3)13(21)16-10-5-6-12(22-4)11(15)7-10/h5-9H,1-4H3,(H,16,21). The second-order valence-corrected chi connectivity index (χ2v) is 6.81. The average Bonchev–Trinajstić information content (AvgIpc) is 2.95. The third kappa shape index (κ3) is 4.35. The summed E-state index contributed by atoms with van der Waals surface area (Å²) in [6, 6.07) is 5.21. The zero-order chi connectivity index (χ0) is 17.0. The van der Waals surface area contributed by atoms with Crippen molar-refractivity contribution in [3.05, 3.63) is 23.2 Å². The number of nitrogens with one attached hydrogen (secondary N) is 1. The maximum atomic E-state index is 12.3. The maximum Gasteiger partial charge on any atom is 0.237 e. The Hall–Kier alpha value is -1.80. The molecule has 0 fully saturated rings. The number of aromatic nitrogens is 4. The van der Waals surface area contributed by atoms with Gasteiger partial charge in [-0.05, 0) is 49.4 Å². The Morgan fingerprint density at radius 1 is 1.39 bits per heavy atom. The van der Waals surface area contributed by atoms with Crippen LogP contribution in [0.5, 0.6) is 5.75 Å². The van der Waals surface area contributed by atoms with E-state index >= 15 is 0 Å². The number of methoxy groups -OCH3 is 1. The lowest BCUT2D eigenvalue weighted by Gasteiger charge is -2.13. The van der Waals surface area contributed by atoms with Crippen LogP contribution < -0.4 is 10.1 Å². The van der Waals surface area contributed by atoms with Crippen molar-refractivity contribution in [2.45, 2.75) is 37.2 Å². The molecule has 124 valence electrons. The molecule has 1 N–H and O–H groups in total. The Bertz CT molecular complexity index is 692. The van der Waals surface area contributed by atoms with E-state index in [9.17, 15) is 4.79 Å². The summed E-state index contributed by atoms with van der Waals surface area (Å²) in [5, 5.41) is 15.0. The molecule has 0 saturated heterocycles. The zero-order valence-corrected chi connectivity index (χ0v) is 14.9. The smallest absolute Gasteiger partial charge is 0.237 e.